The summed E-state index contributed by atoms with van der Waals surface area (Å²) in [6.07, 6.45) is -1.75. The number of nitrogens with one attached hydrogen (secondary N) is 2. The zero-order valence-electron chi connectivity index (χ0n) is 12.5. The molecule has 24 heavy (non-hydrogen) atoms. The maximum absolute atomic E-state index is 12.7. The number of anilines is 1. The summed E-state index contributed by atoms with van der Waals surface area (Å²) in [6, 6.07) is 12.1. The minimum atomic E-state index is -4.38. The minimum absolute atomic E-state index is 0.195. The van der Waals surface area contributed by atoms with E-state index in [1.165, 1.54) is 17.6 Å². The SMILES string of the molecule is O=C(/C=C/c1ccccc1NCc1cccc(C(F)(F)F)c1)NO. The van der Waals surface area contributed by atoms with Crippen molar-refractivity contribution >= 4 is 17.7 Å². The molecule has 0 fully saturated rings. The molecule has 1 amide bonds. The van der Waals surface area contributed by atoms with Crippen molar-refractivity contribution in [1.29, 1.82) is 0 Å². The molecule has 4 nitrogen and oxygen atoms in total. The Morgan fingerprint density at radius 2 is 1.88 bits per heavy atom. The van der Waals surface area contributed by atoms with Crippen molar-refractivity contribution in [3.8, 4) is 0 Å². The van der Waals surface area contributed by atoms with Crippen LogP contribution in [0.2, 0.25) is 0 Å². The summed E-state index contributed by atoms with van der Waals surface area (Å²) < 4.78 is 38.2. The second kappa shape index (κ2) is 7.65. The standard InChI is InChI=1S/C17H15F3N2O2/c18-17(19,20)14-6-3-4-12(10-14)11-21-15-7-2-1-5-13(15)8-9-16(23)22-24/h1-10,21,24H,11H2,(H,22,23)/b9-8+. The Kier molecular flexibility index (Phi) is 5.59. The molecule has 2 rings (SSSR count). The quantitative estimate of drug-likeness (QED) is 0.442. The highest BCUT2D eigenvalue weighted by atomic mass is 19.4. The number of rotatable bonds is 5. The number of hydroxylamine groups is 1. The molecule has 0 radical (unpaired) electrons. The first-order valence-electron chi connectivity index (χ1n) is 7.01. The third-order valence-electron chi connectivity index (χ3n) is 3.22. The number of benzene rings is 2. The summed E-state index contributed by atoms with van der Waals surface area (Å²) in [5.74, 6) is -0.678. The van der Waals surface area contributed by atoms with Gasteiger partial charge in [0.1, 0.15) is 0 Å². The van der Waals surface area contributed by atoms with Gasteiger partial charge in [-0.15, -0.1) is 0 Å². The monoisotopic (exact) mass is 336 g/mol. The topological polar surface area (TPSA) is 61.4 Å². The van der Waals surface area contributed by atoms with E-state index < -0.39 is 17.6 Å². The van der Waals surface area contributed by atoms with E-state index in [0.717, 1.165) is 18.2 Å². The fourth-order valence-corrected chi connectivity index (χ4v) is 2.06. The molecule has 0 atom stereocenters. The maximum atomic E-state index is 12.7. The Balaban J connectivity index is 2.13. The average Bonchev–Trinajstić information content (AvgIpc) is 2.58. The van der Waals surface area contributed by atoms with Crippen LogP contribution in [0.3, 0.4) is 0 Å². The van der Waals surface area contributed by atoms with Crippen LogP contribution in [-0.2, 0) is 17.5 Å². The van der Waals surface area contributed by atoms with Gasteiger partial charge in [0.25, 0.3) is 5.91 Å². The second-order valence-electron chi connectivity index (χ2n) is 4.95. The second-order valence-corrected chi connectivity index (χ2v) is 4.95. The van der Waals surface area contributed by atoms with E-state index in [1.807, 2.05) is 0 Å². The van der Waals surface area contributed by atoms with Crippen molar-refractivity contribution in [3.05, 3.63) is 71.3 Å². The number of para-hydroxylation sites is 1. The van der Waals surface area contributed by atoms with Gasteiger partial charge in [-0.2, -0.15) is 13.2 Å². The molecule has 2 aromatic rings. The Morgan fingerprint density at radius 1 is 1.12 bits per heavy atom. The first-order chi connectivity index (χ1) is 11.4. The lowest BCUT2D eigenvalue weighted by Crippen LogP contribution is -2.14. The van der Waals surface area contributed by atoms with E-state index in [0.29, 0.717) is 16.8 Å². The van der Waals surface area contributed by atoms with Crippen LogP contribution in [0.15, 0.2) is 54.6 Å². The largest absolute Gasteiger partial charge is 0.416 e. The Hall–Kier alpha value is -2.80. The Labute approximate surface area is 136 Å². The number of amides is 1. The molecule has 0 heterocycles. The molecule has 0 aliphatic carbocycles. The van der Waals surface area contributed by atoms with Crippen LogP contribution >= 0.6 is 0 Å². The number of hydrogen-bond donors (Lipinski definition) is 3. The highest BCUT2D eigenvalue weighted by Crippen LogP contribution is 2.29. The normalized spacial score (nSPS) is 11.5. The summed E-state index contributed by atoms with van der Waals surface area (Å²) in [7, 11) is 0. The number of halogens is 3. The highest BCUT2D eigenvalue weighted by Gasteiger charge is 2.30. The smallest absolute Gasteiger partial charge is 0.380 e. The van der Waals surface area contributed by atoms with Crippen molar-refractivity contribution in [2.75, 3.05) is 5.32 Å². The molecule has 0 aliphatic heterocycles. The molecule has 3 N–H and O–H groups in total. The van der Waals surface area contributed by atoms with Crippen LogP contribution in [0.1, 0.15) is 16.7 Å². The molecular weight excluding hydrogens is 321 g/mol. The summed E-state index contributed by atoms with van der Waals surface area (Å²) in [4.78, 5) is 11.0. The summed E-state index contributed by atoms with van der Waals surface area (Å²) in [5, 5.41) is 11.5. The first kappa shape index (κ1) is 17.6. The van der Waals surface area contributed by atoms with Crippen LogP contribution in [0, 0.1) is 0 Å². The molecule has 0 saturated carbocycles. The van der Waals surface area contributed by atoms with Crippen molar-refractivity contribution in [1.82, 2.24) is 5.48 Å². The van der Waals surface area contributed by atoms with Gasteiger partial charge in [-0.05, 0) is 35.4 Å². The average molecular weight is 336 g/mol. The van der Waals surface area contributed by atoms with Gasteiger partial charge in [-0.25, -0.2) is 5.48 Å². The molecule has 0 spiro atoms. The van der Waals surface area contributed by atoms with E-state index in [9.17, 15) is 18.0 Å². The molecule has 0 aliphatic rings. The number of carbonyl (C=O) groups excluding carboxylic acids is 1. The summed E-state index contributed by atoms with van der Waals surface area (Å²) >= 11 is 0. The lowest BCUT2D eigenvalue weighted by Gasteiger charge is -2.12. The fourth-order valence-electron chi connectivity index (χ4n) is 2.06. The summed E-state index contributed by atoms with van der Waals surface area (Å²) in [5.41, 5.74) is 2.57. The number of alkyl halides is 3. The van der Waals surface area contributed by atoms with E-state index in [2.05, 4.69) is 5.32 Å². The van der Waals surface area contributed by atoms with Gasteiger partial charge in [-0.3, -0.25) is 10.0 Å². The molecule has 0 saturated heterocycles. The molecular formula is C17H15F3N2O2. The predicted octanol–water partition coefficient (Wildman–Crippen LogP) is 3.84. The van der Waals surface area contributed by atoms with Gasteiger partial charge in [-0.1, -0.05) is 30.3 Å². The lowest BCUT2D eigenvalue weighted by molar-refractivity contribution is -0.137. The van der Waals surface area contributed by atoms with Crippen LogP contribution in [-0.4, -0.2) is 11.1 Å². The zero-order chi connectivity index (χ0) is 17.6. The van der Waals surface area contributed by atoms with Crippen LogP contribution < -0.4 is 10.8 Å². The molecule has 0 unspecified atom stereocenters. The van der Waals surface area contributed by atoms with Crippen molar-refractivity contribution in [2.45, 2.75) is 12.7 Å². The first-order valence-corrected chi connectivity index (χ1v) is 7.01. The van der Waals surface area contributed by atoms with Gasteiger partial charge in [0, 0.05) is 18.3 Å². The third kappa shape index (κ3) is 4.85. The van der Waals surface area contributed by atoms with E-state index in [1.54, 1.807) is 30.3 Å². The molecule has 0 bridgehead atoms. The Bertz CT molecular complexity index is 743. The summed E-state index contributed by atoms with van der Waals surface area (Å²) in [6.45, 7) is 0.195. The van der Waals surface area contributed by atoms with Gasteiger partial charge in [0.05, 0.1) is 5.56 Å². The number of carbonyl (C=O) groups is 1. The van der Waals surface area contributed by atoms with E-state index in [4.69, 9.17) is 5.21 Å². The third-order valence-corrected chi connectivity index (χ3v) is 3.22. The molecule has 0 aromatic heterocycles. The fraction of sp³-hybridized carbons (Fsp3) is 0.118. The molecule has 7 heteroatoms. The van der Waals surface area contributed by atoms with Gasteiger partial charge in [0.2, 0.25) is 0 Å². The lowest BCUT2D eigenvalue weighted by atomic mass is 10.1. The van der Waals surface area contributed by atoms with E-state index in [-0.39, 0.29) is 6.54 Å². The van der Waals surface area contributed by atoms with E-state index >= 15 is 0 Å². The van der Waals surface area contributed by atoms with Gasteiger partial charge < -0.3 is 5.32 Å². The Morgan fingerprint density at radius 3 is 2.58 bits per heavy atom. The zero-order valence-corrected chi connectivity index (χ0v) is 12.5. The van der Waals surface area contributed by atoms with Crippen LogP contribution in [0.4, 0.5) is 18.9 Å². The number of hydrogen-bond acceptors (Lipinski definition) is 3. The highest BCUT2D eigenvalue weighted by molar-refractivity contribution is 5.91. The predicted molar refractivity (Wildman–Crippen MR) is 84.2 cm³/mol. The minimum Gasteiger partial charge on any atom is -0.380 e. The molecule has 126 valence electrons. The van der Waals surface area contributed by atoms with Crippen LogP contribution in [0.5, 0.6) is 0 Å². The van der Waals surface area contributed by atoms with Crippen molar-refractivity contribution in [2.24, 2.45) is 0 Å². The maximum Gasteiger partial charge on any atom is 0.416 e. The van der Waals surface area contributed by atoms with Gasteiger partial charge >= 0.3 is 6.18 Å². The van der Waals surface area contributed by atoms with Crippen molar-refractivity contribution in [3.63, 3.8) is 0 Å². The van der Waals surface area contributed by atoms with Gasteiger partial charge in [0.15, 0.2) is 0 Å². The van der Waals surface area contributed by atoms with Crippen LogP contribution in [0.25, 0.3) is 6.08 Å². The van der Waals surface area contributed by atoms with Crippen molar-refractivity contribution < 1.29 is 23.2 Å². The molecule has 2 aromatic carbocycles.